The summed E-state index contributed by atoms with van der Waals surface area (Å²) in [5, 5.41) is 6.11. The SMILES string of the molecule is CCS(=O)(=O)c1ccc(Cl)cc1CNC(=O)c1cc(Br)c(CN2CC[C@H](NC)C2)c(CC(F)(F)F)c1. The molecule has 1 aliphatic heterocycles. The molecule has 2 aromatic carbocycles. The van der Waals surface area contributed by atoms with Crippen molar-refractivity contribution in [3.8, 4) is 0 Å². The number of nitrogens with one attached hydrogen (secondary N) is 2. The molecule has 1 saturated heterocycles. The molecule has 0 spiro atoms. The van der Waals surface area contributed by atoms with E-state index >= 15 is 0 Å². The largest absolute Gasteiger partial charge is 0.393 e. The fraction of sp³-hybridized carbons (Fsp3) is 0.458. The van der Waals surface area contributed by atoms with Gasteiger partial charge < -0.3 is 10.6 Å². The number of amides is 1. The molecular formula is C24H28BrClF3N3O3S. The molecule has 1 heterocycles. The Labute approximate surface area is 222 Å². The third-order valence-corrected chi connectivity index (χ3v) is 8.95. The van der Waals surface area contributed by atoms with E-state index in [-0.39, 0.29) is 34.4 Å². The van der Waals surface area contributed by atoms with E-state index in [1.54, 1.807) is 0 Å². The Balaban J connectivity index is 1.86. The molecule has 6 nitrogen and oxygen atoms in total. The topological polar surface area (TPSA) is 78.5 Å². The first kappa shape index (κ1) is 28.9. The number of sulfone groups is 1. The Morgan fingerprint density at radius 2 is 1.94 bits per heavy atom. The van der Waals surface area contributed by atoms with Crippen LogP contribution in [0.5, 0.6) is 0 Å². The normalized spacial score (nSPS) is 16.9. The lowest BCUT2D eigenvalue weighted by atomic mass is 10.00. The maximum Gasteiger partial charge on any atom is 0.393 e. The molecule has 0 unspecified atom stereocenters. The highest BCUT2D eigenvalue weighted by Crippen LogP contribution is 2.31. The smallest absolute Gasteiger partial charge is 0.348 e. The van der Waals surface area contributed by atoms with Crippen LogP contribution in [0.2, 0.25) is 5.02 Å². The van der Waals surface area contributed by atoms with Crippen molar-refractivity contribution in [3.63, 3.8) is 0 Å². The molecule has 0 saturated carbocycles. The van der Waals surface area contributed by atoms with Gasteiger partial charge in [-0.3, -0.25) is 9.69 Å². The molecular weight excluding hydrogens is 583 g/mol. The van der Waals surface area contributed by atoms with E-state index in [1.807, 2.05) is 7.05 Å². The van der Waals surface area contributed by atoms with E-state index in [1.165, 1.54) is 37.3 Å². The molecule has 0 aliphatic carbocycles. The van der Waals surface area contributed by atoms with Gasteiger partial charge in [-0.1, -0.05) is 34.5 Å². The van der Waals surface area contributed by atoms with Gasteiger partial charge in [0.05, 0.1) is 17.1 Å². The standard InChI is InChI=1S/C24H28BrClF3N3O3S/c1-3-36(34,35)22-5-4-18(26)9-17(22)12-31-23(33)15-8-16(11-24(27,28)29)20(21(25)10-15)14-32-7-6-19(13-32)30-2/h4-5,8-10,19,30H,3,6-7,11-14H2,1-2H3,(H,31,33)/t19-/m0/s1. The van der Waals surface area contributed by atoms with Gasteiger partial charge in [-0.2, -0.15) is 13.2 Å². The summed E-state index contributed by atoms with van der Waals surface area (Å²) in [4.78, 5) is 15.1. The fourth-order valence-corrected chi connectivity index (χ4v) is 6.17. The number of alkyl halides is 3. The number of likely N-dealkylation sites (tertiary alicyclic amines) is 1. The van der Waals surface area contributed by atoms with Crippen LogP contribution in [0.25, 0.3) is 0 Å². The lowest BCUT2D eigenvalue weighted by Crippen LogP contribution is -2.30. The molecule has 1 fully saturated rings. The minimum Gasteiger partial charge on any atom is -0.348 e. The average molecular weight is 611 g/mol. The second kappa shape index (κ2) is 11.8. The van der Waals surface area contributed by atoms with Crippen molar-refractivity contribution in [1.29, 1.82) is 0 Å². The van der Waals surface area contributed by atoms with Gasteiger partial charge in [-0.15, -0.1) is 0 Å². The number of rotatable bonds is 9. The van der Waals surface area contributed by atoms with Crippen molar-refractivity contribution < 1.29 is 26.4 Å². The molecule has 12 heteroatoms. The maximum atomic E-state index is 13.4. The first-order chi connectivity index (χ1) is 16.8. The van der Waals surface area contributed by atoms with Gasteiger partial charge in [-0.25, -0.2) is 8.42 Å². The van der Waals surface area contributed by atoms with Crippen molar-refractivity contribution >= 4 is 43.3 Å². The number of carbonyl (C=O) groups excluding carboxylic acids is 1. The molecule has 1 atom stereocenters. The average Bonchev–Trinajstić information content (AvgIpc) is 3.26. The van der Waals surface area contributed by atoms with Gasteiger partial charge in [-0.05, 0) is 60.5 Å². The number of benzene rings is 2. The van der Waals surface area contributed by atoms with E-state index in [2.05, 4.69) is 31.5 Å². The highest BCUT2D eigenvalue weighted by molar-refractivity contribution is 9.10. The van der Waals surface area contributed by atoms with Gasteiger partial charge in [0.25, 0.3) is 5.91 Å². The molecule has 1 amide bonds. The Bertz CT molecular complexity index is 1230. The van der Waals surface area contributed by atoms with Crippen LogP contribution in [0, 0.1) is 0 Å². The number of halogens is 5. The summed E-state index contributed by atoms with van der Waals surface area (Å²) in [6.45, 7) is 3.16. The number of carbonyl (C=O) groups is 1. The highest BCUT2D eigenvalue weighted by atomic mass is 79.9. The first-order valence-electron chi connectivity index (χ1n) is 11.4. The number of nitrogens with zero attached hydrogens (tertiary/aromatic N) is 1. The number of hydrogen-bond acceptors (Lipinski definition) is 5. The third kappa shape index (κ3) is 7.44. The number of hydrogen-bond donors (Lipinski definition) is 2. The number of likely N-dealkylation sites (N-methyl/N-ethyl adjacent to an activating group) is 1. The molecule has 1 aliphatic rings. The summed E-state index contributed by atoms with van der Waals surface area (Å²) in [6.07, 6.45) is -4.72. The van der Waals surface area contributed by atoms with Crippen molar-refractivity contribution in [1.82, 2.24) is 15.5 Å². The van der Waals surface area contributed by atoms with Crippen molar-refractivity contribution in [2.75, 3.05) is 25.9 Å². The lowest BCUT2D eigenvalue weighted by Gasteiger charge is -2.21. The highest BCUT2D eigenvalue weighted by Gasteiger charge is 2.31. The van der Waals surface area contributed by atoms with E-state index < -0.39 is 28.3 Å². The van der Waals surface area contributed by atoms with Crippen LogP contribution in [0.3, 0.4) is 0 Å². The zero-order chi connectivity index (χ0) is 26.7. The summed E-state index contributed by atoms with van der Waals surface area (Å²) in [7, 11) is -1.71. The van der Waals surface area contributed by atoms with Gasteiger partial charge >= 0.3 is 6.18 Å². The molecule has 2 N–H and O–H groups in total. The first-order valence-corrected chi connectivity index (χ1v) is 14.2. The van der Waals surface area contributed by atoms with Crippen LogP contribution in [0.15, 0.2) is 39.7 Å². The predicted molar refractivity (Wildman–Crippen MR) is 137 cm³/mol. The minimum absolute atomic E-state index is 0.0203. The Morgan fingerprint density at radius 1 is 1.22 bits per heavy atom. The fourth-order valence-electron chi connectivity index (χ4n) is 4.23. The second-order valence-corrected chi connectivity index (χ2v) is 12.3. The maximum absolute atomic E-state index is 13.4. The van der Waals surface area contributed by atoms with Gasteiger partial charge in [0.2, 0.25) is 0 Å². The molecule has 2 aromatic rings. The van der Waals surface area contributed by atoms with Crippen LogP contribution < -0.4 is 10.6 Å². The Morgan fingerprint density at radius 3 is 2.56 bits per heavy atom. The van der Waals surface area contributed by atoms with Crippen LogP contribution in [0.1, 0.15) is 40.4 Å². The molecule has 0 aromatic heterocycles. The zero-order valence-electron chi connectivity index (χ0n) is 19.9. The van der Waals surface area contributed by atoms with Crippen LogP contribution >= 0.6 is 27.5 Å². The molecule has 3 rings (SSSR count). The summed E-state index contributed by atoms with van der Waals surface area (Å²) in [5.74, 6) is -0.751. The van der Waals surface area contributed by atoms with Crippen molar-refractivity contribution in [2.45, 2.75) is 50.0 Å². The molecule has 0 radical (unpaired) electrons. The summed E-state index contributed by atoms with van der Waals surface area (Å²) >= 11 is 9.40. The van der Waals surface area contributed by atoms with E-state index in [0.717, 1.165) is 19.5 Å². The zero-order valence-corrected chi connectivity index (χ0v) is 23.0. The summed E-state index contributed by atoms with van der Waals surface area (Å²) < 4.78 is 65.5. The van der Waals surface area contributed by atoms with Crippen LogP contribution in [0.4, 0.5) is 13.2 Å². The van der Waals surface area contributed by atoms with Crippen molar-refractivity contribution in [2.24, 2.45) is 0 Å². The van der Waals surface area contributed by atoms with Crippen LogP contribution in [-0.2, 0) is 29.3 Å². The monoisotopic (exact) mass is 609 g/mol. The van der Waals surface area contributed by atoms with Gasteiger partial charge in [0.15, 0.2) is 9.84 Å². The quantitative estimate of drug-likeness (QED) is 0.430. The minimum atomic E-state index is -4.45. The van der Waals surface area contributed by atoms with Crippen LogP contribution in [-0.4, -0.2) is 57.3 Å². The van der Waals surface area contributed by atoms with E-state index in [0.29, 0.717) is 27.2 Å². The van der Waals surface area contributed by atoms with Crippen molar-refractivity contribution in [3.05, 3.63) is 62.1 Å². The van der Waals surface area contributed by atoms with Gasteiger partial charge in [0.1, 0.15) is 0 Å². The molecule has 0 bridgehead atoms. The molecule has 36 heavy (non-hydrogen) atoms. The summed E-state index contributed by atoms with van der Waals surface area (Å²) in [5.41, 5.74) is 0.858. The lowest BCUT2D eigenvalue weighted by molar-refractivity contribution is -0.127. The predicted octanol–water partition coefficient (Wildman–Crippen LogP) is 4.72. The summed E-state index contributed by atoms with van der Waals surface area (Å²) in [6, 6.07) is 7.33. The van der Waals surface area contributed by atoms with E-state index in [9.17, 15) is 26.4 Å². The Hall–Kier alpha value is -1.66. The molecule has 198 valence electrons. The Kier molecular flexibility index (Phi) is 9.48. The van der Waals surface area contributed by atoms with Gasteiger partial charge in [0, 0.05) is 47.3 Å². The second-order valence-electron chi connectivity index (χ2n) is 8.74. The van der Waals surface area contributed by atoms with E-state index in [4.69, 9.17) is 11.6 Å². The third-order valence-electron chi connectivity index (χ3n) is 6.18.